The van der Waals surface area contributed by atoms with Crippen molar-refractivity contribution in [3.63, 3.8) is 0 Å². The van der Waals surface area contributed by atoms with E-state index in [2.05, 4.69) is 5.32 Å². The largest absolute Gasteiger partial charge is 0.398 e. The number of nitrogen functional groups attached to an aromatic ring is 1. The Morgan fingerprint density at radius 1 is 1.42 bits per heavy atom. The molecule has 0 aromatic carbocycles. The van der Waals surface area contributed by atoms with Gasteiger partial charge in [0.25, 0.3) is 5.56 Å². The highest BCUT2D eigenvalue weighted by Crippen LogP contribution is 2.09. The SMILES string of the molecule is Nc1ccc(=O)n(CC(=O)NC2CCS(=O)CC2)c1. The maximum Gasteiger partial charge on any atom is 0.251 e. The van der Waals surface area contributed by atoms with Gasteiger partial charge in [0.05, 0.1) is 0 Å². The minimum absolute atomic E-state index is 0.0382. The second-order valence-corrected chi connectivity index (χ2v) is 6.31. The molecule has 0 saturated carbocycles. The van der Waals surface area contributed by atoms with E-state index in [1.165, 1.54) is 22.9 Å². The van der Waals surface area contributed by atoms with Gasteiger partial charge < -0.3 is 15.6 Å². The molecule has 1 aliphatic heterocycles. The number of hydrogen-bond donors (Lipinski definition) is 2. The van der Waals surface area contributed by atoms with Crippen molar-refractivity contribution in [3.05, 3.63) is 28.7 Å². The van der Waals surface area contributed by atoms with Crippen LogP contribution in [0.1, 0.15) is 12.8 Å². The summed E-state index contributed by atoms with van der Waals surface area (Å²) in [5.41, 5.74) is 5.77. The molecule has 0 unspecified atom stereocenters. The molecule has 2 rings (SSSR count). The zero-order valence-electron chi connectivity index (χ0n) is 10.5. The first-order valence-electron chi connectivity index (χ1n) is 6.15. The molecule has 1 aromatic heterocycles. The van der Waals surface area contributed by atoms with Crippen LogP contribution in [0.2, 0.25) is 0 Å². The van der Waals surface area contributed by atoms with Gasteiger partial charge in [0.15, 0.2) is 0 Å². The lowest BCUT2D eigenvalue weighted by atomic mass is 10.1. The second-order valence-electron chi connectivity index (χ2n) is 4.62. The van der Waals surface area contributed by atoms with Crippen molar-refractivity contribution in [2.24, 2.45) is 0 Å². The lowest BCUT2D eigenvalue weighted by Crippen LogP contribution is -2.42. The van der Waals surface area contributed by atoms with Crippen LogP contribution in [0, 0.1) is 0 Å². The zero-order valence-corrected chi connectivity index (χ0v) is 11.3. The first-order chi connectivity index (χ1) is 9.04. The normalized spacial score (nSPS) is 22.9. The number of rotatable bonds is 3. The Balaban J connectivity index is 1.92. The lowest BCUT2D eigenvalue weighted by Gasteiger charge is -2.22. The van der Waals surface area contributed by atoms with Gasteiger partial charge in [0.1, 0.15) is 6.54 Å². The topological polar surface area (TPSA) is 94.2 Å². The summed E-state index contributed by atoms with van der Waals surface area (Å²) in [6.07, 6.45) is 2.91. The van der Waals surface area contributed by atoms with Crippen LogP contribution in [0.4, 0.5) is 5.69 Å². The first kappa shape index (κ1) is 13.8. The Labute approximate surface area is 113 Å². The standard InChI is InChI=1S/C12H17N3O3S/c13-9-1-2-12(17)15(7-9)8-11(16)14-10-3-5-19(18)6-4-10/h1-2,7,10H,3-6,8,13H2,(H,14,16). The average Bonchev–Trinajstić information content (AvgIpc) is 2.37. The molecule has 19 heavy (non-hydrogen) atoms. The Morgan fingerprint density at radius 2 is 2.11 bits per heavy atom. The van der Waals surface area contributed by atoms with Crippen molar-refractivity contribution in [1.82, 2.24) is 9.88 Å². The van der Waals surface area contributed by atoms with Crippen LogP contribution >= 0.6 is 0 Å². The number of nitrogens with two attached hydrogens (primary N) is 1. The van der Waals surface area contributed by atoms with Gasteiger partial charge in [-0.1, -0.05) is 0 Å². The number of carbonyl (C=O) groups excluding carboxylic acids is 1. The number of nitrogens with one attached hydrogen (secondary N) is 1. The number of hydrogen-bond acceptors (Lipinski definition) is 4. The molecule has 7 heteroatoms. The predicted molar refractivity (Wildman–Crippen MR) is 74.2 cm³/mol. The van der Waals surface area contributed by atoms with E-state index in [9.17, 15) is 13.8 Å². The third-order valence-electron chi connectivity index (χ3n) is 3.07. The van der Waals surface area contributed by atoms with Crippen LogP contribution in [0.15, 0.2) is 23.1 Å². The fraction of sp³-hybridized carbons (Fsp3) is 0.500. The molecule has 2 heterocycles. The monoisotopic (exact) mass is 283 g/mol. The Bertz CT molecular complexity index is 545. The second kappa shape index (κ2) is 6.01. The highest BCUT2D eigenvalue weighted by Gasteiger charge is 2.19. The maximum atomic E-state index is 11.8. The third kappa shape index (κ3) is 3.92. The Hall–Kier alpha value is -1.63. The Kier molecular flexibility index (Phi) is 4.36. The first-order valence-corrected chi connectivity index (χ1v) is 7.64. The Morgan fingerprint density at radius 3 is 2.79 bits per heavy atom. The van der Waals surface area contributed by atoms with E-state index in [0.29, 0.717) is 17.2 Å². The molecule has 6 nitrogen and oxygen atoms in total. The van der Waals surface area contributed by atoms with Gasteiger partial charge in [-0.25, -0.2) is 0 Å². The van der Waals surface area contributed by atoms with Crippen LogP contribution in [0.5, 0.6) is 0 Å². The number of anilines is 1. The van der Waals surface area contributed by atoms with Crippen LogP contribution in [0.3, 0.4) is 0 Å². The van der Waals surface area contributed by atoms with Crippen molar-refractivity contribution in [1.29, 1.82) is 0 Å². The van der Waals surface area contributed by atoms with Crippen LogP contribution < -0.4 is 16.6 Å². The summed E-state index contributed by atoms with van der Waals surface area (Å²) in [6.45, 7) is -0.0382. The number of amides is 1. The molecule has 1 amide bonds. The molecule has 0 bridgehead atoms. The fourth-order valence-electron chi connectivity index (χ4n) is 2.04. The van der Waals surface area contributed by atoms with Crippen LogP contribution in [-0.2, 0) is 22.1 Å². The number of nitrogens with zero attached hydrogens (tertiary/aromatic N) is 1. The summed E-state index contributed by atoms with van der Waals surface area (Å²) in [5.74, 6) is 1.04. The van der Waals surface area contributed by atoms with Gasteiger partial charge in [-0.15, -0.1) is 0 Å². The summed E-state index contributed by atoms with van der Waals surface area (Å²) in [7, 11) is -0.743. The summed E-state index contributed by atoms with van der Waals surface area (Å²) in [6, 6.07) is 2.90. The predicted octanol–water partition coefficient (Wildman–Crippen LogP) is -0.542. The fourth-order valence-corrected chi connectivity index (χ4v) is 3.34. The van der Waals surface area contributed by atoms with Gasteiger partial charge in [-0.05, 0) is 18.9 Å². The molecule has 1 aromatic rings. The molecule has 3 N–H and O–H groups in total. The van der Waals surface area contributed by atoms with Gasteiger partial charge in [0, 0.05) is 46.3 Å². The van der Waals surface area contributed by atoms with E-state index in [0.717, 1.165) is 12.8 Å². The van der Waals surface area contributed by atoms with Crippen LogP contribution in [-0.4, -0.2) is 32.2 Å². The van der Waals surface area contributed by atoms with Crippen LogP contribution in [0.25, 0.3) is 0 Å². The third-order valence-corrected chi connectivity index (χ3v) is 4.46. The highest BCUT2D eigenvalue weighted by molar-refractivity contribution is 7.85. The smallest absolute Gasteiger partial charge is 0.251 e. The molecular weight excluding hydrogens is 266 g/mol. The molecule has 0 radical (unpaired) electrons. The van der Waals surface area contributed by atoms with Gasteiger partial charge in [-0.3, -0.25) is 13.8 Å². The van der Waals surface area contributed by atoms with E-state index in [-0.39, 0.29) is 24.1 Å². The molecule has 0 aliphatic carbocycles. The molecule has 0 spiro atoms. The molecule has 1 aliphatic rings. The quantitative estimate of drug-likeness (QED) is 0.779. The summed E-state index contributed by atoms with van der Waals surface area (Å²) in [5, 5.41) is 2.86. The maximum absolute atomic E-state index is 11.8. The van der Waals surface area contributed by atoms with Crippen molar-refractivity contribution < 1.29 is 9.00 Å². The van der Waals surface area contributed by atoms with Gasteiger partial charge in [0.2, 0.25) is 5.91 Å². The van der Waals surface area contributed by atoms with Crippen molar-refractivity contribution in [2.75, 3.05) is 17.2 Å². The summed E-state index contributed by atoms with van der Waals surface area (Å²) < 4.78 is 12.5. The van der Waals surface area contributed by atoms with Gasteiger partial charge in [-0.2, -0.15) is 0 Å². The van der Waals surface area contributed by atoms with E-state index in [1.54, 1.807) is 0 Å². The molecule has 1 saturated heterocycles. The van der Waals surface area contributed by atoms with Crippen molar-refractivity contribution in [2.45, 2.75) is 25.4 Å². The minimum atomic E-state index is -0.743. The van der Waals surface area contributed by atoms with E-state index in [4.69, 9.17) is 5.73 Å². The zero-order chi connectivity index (χ0) is 13.8. The molecule has 104 valence electrons. The van der Waals surface area contributed by atoms with E-state index in [1.807, 2.05) is 0 Å². The minimum Gasteiger partial charge on any atom is -0.398 e. The molecule has 0 atom stereocenters. The van der Waals surface area contributed by atoms with Crippen molar-refractivity contribution in [3.8, 4) is 0 Å². The summed E-state index contributed by atoms with van der Waals surface area (Å²) >= 11 is 0. The van der Waals surface area contributed by atoms with E-state index >= 15 is 0 Å². The molecule has 1 fully saturated rings. The molecular formula is C12H17N3O3S. The number of pyridine rings is 1. The highest BCUT2D eigenvalue weighted by atomic mass is 32.2. The average molecular weight is 283 g/mol. The number of aromatic nitrogens is 1. The van der Waals surface area contributed by atoms with Crippen molar-refractivity contribution >= 4 is 22.4 Å². The lowest BCUT2D eigenvalue weighted by molar-refractivity contribution is -0.122. The number of carbonyl (C=O) groups is 1. The summed E-state index contributed by atoms with van der Waals surface area (Å²) in [4.78, 5) is 23.4. The van der Waals surface area contributed by atoms with Gasteiger partial charge >= 0.3 is 0 Å². The van der Waals surface area contributed by atoms with E-state index < -0.39 is 10.8 Å².